The van der Waals surface area contributed by atoms with Crippen molar-refractivity contribution in [2.75, 3.05) is 39.0 Å². The molecule has 1 fully saturated rings. The van der Waals surface area contributed by atoms with Crippen molar-refractivity contribution in [1.82, 2.24) is 19.8 Å². The van der Waals surface area contributed by atoms with Gasteiger partial charge in [0.2, 0.25) is 0 Å². The summed E-state index contributed by atoms with van der Waals surface area (Å²) in [5, 5.41) is 3.45. The summed E-state index contributed by atoms with van der Waals surface area (Å²) in [5.41, 5.74) is 4.26. The van der Waals surface area contributed by atoms with E-state index in [0.29, 0.717) is 5.56 Å². The van der Waals surface area contributed by atoms with Crippen LogP contribution in [-0.4, -0.2) is 59.4 Å². The van der Waals surface area contributed by atoms with Crippen LogP contribution in [0.1, 0.15) is 40.0 Å². The van der Waals surface area contributed by atoms with E-state index in [1.54, 1.807) is 19.0 Å². The van der Waals surface area contributed by atoms with E-state index < -0.39 is 0 Å². The highest BCUT2D eigenvalue weighted by Crippen LogP contribution is 2.30. The van der Waals surface area contributed by atoms with E-state index in [4.69, 9.17) is 4.98 Å². The molecule has 28 heavy (non-hydrogen) atoms. The van der Waals surface area contributed by atoms with Crippen molar-refractivity contribution in [3.63, 3.8) is 0 Å². The molecule has 6 nitrogen and oxygen atoms in total. The summed E-state index contributed by atoms with van der Waals surface area (Å²) in [6.45, 7) is 3.75. The maximum Gasteiger partial charge on any atom is 0.257 e. The van der Waals surface area contributed by atoms with Gasteiger partial charge >= 0.3 is 0 Å². The third-order valence-corrected chi connectivity index (χ3v) is 5.57. The summed E-state index contributed by atoms with van der Waals surface area (Å²) in [4.78, 5) is 26.0. The van der Waals surface area contributed by atoms with Gasteiger partial charge in [-0.05, 0) is 48.4 Å². The molecule has 1 aliphatic carbocycles. The summed E-state index contributed by atoms with van der Waals surface area (Å²) < 4.78 is 0. The van der Waals surface area contributed by atoms with Crippen LogP contribution in [-0.2, 0) is 19.4 Å². The molecule has 3 heterocycles. The summed E-state index contributed by atoms with van der Waals surface area (Å²) in [6, 6.07) is 6.19. The predicted molar refractivity (Wildman–Crippen MR) is 110 cm³/mol. The molecule has 6 heteroatoms. The first-order valence-corrected chi connectivity index (χ1v) is 10.2. The number of hydrogen-bond acceptors (Lipinski definition) is 5. The molecule has 1 aliphatic heterocycles. The van der Waals surface area contributed by atoms with E-state index in [-0.39, 0.29) is 5.91 Å². The number of aromatic nitrogens is 2. The molecule has 0 saturated heterocycles. The van der Waals surface area contributed by atoms with E-state index in [9.17, 15) is 4.79 Å². The molecule has 0 bridgehead atoms. The van der Waals surface area contributed by atoms with E-state index in [2.05, 4.69) is 27.3 Å². The molecule has 0 spiro atoms. The van der Waals surface area contributed by atoms with E-state index in [0.717, 1.165) is 56.5 Å². The van der Waals surface area contributed by atoms with Gasteiger partial charge in [-0.15, -0.1) is 0 Å². The van der Waals surface area contributed by atoms with Gasteiger partial charge in [-0.1, -0.05) is 6.07 Å². The fourth-order valence-corrected chi connectivity index (χ4v) is 3.69. The molecule has 4 rings (SSSR count). The van der Waals surface area contributed by atoms with Gasteiger partial charge in [0, 0.05) is 64.8 Å². The maximum absolute atomic E-state index is 12.7. The highest BCUT2D eigenvalue weighted by Gasteiger charge is 2.25. The average Bonchev–Trinajstić information content (AvgIpc) is 3.54. The van der Waals surface area contributed by atoms with Gasteiger partial charge in [0.15, 0.2) is 0 Å². The van der Waals surface area contributed by atoms with Gasteiger partial charge in [-0.3, -0.25) is 14.7 Å². The van der Waals surface area contributed by atoms with Crippen molar-refractivity contribution in [1.29, 1.82) is 0 Å². The average molecular weight is 380 g/mol. The minimum absolute atomic E-state index is 0.0186. The first-order chi connectivity index (χ1) is 13.6. The Morgan fingerprint density at radius 3 is 2.82 bits per heavy atom. The van der Waals surface area contributed by atoms with Gasteiger partial charge in [-0.2, -0.15) is 0 Å². The SMILES string of the molecule is CN(C)C(=O)c1cc2c(nc1NCC1CC1)CCN(Cc1cccnc1)CC2. The van der Waals surface area contributed by atoms with Crippen molar-refractivity contribution in [3.8, 4) is 0 Å². The minimum atomic E-state index is 0.0186. The molecule has 2 aromatic heterocycles. The number of carbonyl (C=O) groups excluding carboxylic acids is 1. The second kappa shape index (κ2) is 8.27. The molecule has 0 aromatic carbocycles. The van der Waals surface area contributed by atoms with Crippen LogP contribution in [0.2, 0.25) is 0 Å². The fourth-order valence-electron chi connectivity index (χ4n) is 3.69. The number of amides is 1. The Kier molecular flexibility index (Phi) is 5.57. The Balaban J connectivity index is 1.53. The van der Waals surface area contributed by atoms with Gasteiger partial charge in [-0.25, -0.2) is 4.98 Å². The summed E-state index contributed by atoms with van der Waals surface area (Å²) in [7, 11) is 3.60. The van der Waals surface area contributed by atoms with Crippen LogP contribution in [0.3, 0.4) is 0 Å². The lowest BCUT2D eigenvalue weighted by molar-refractivity contribution is 0.0828. The fraction of sp³-hybridized carbons (Fsp3) is 0.500. The summed E-state index contributed by atoms with van der Waals surface area (Å²) >= 11 is 0. The number of nitrogens with zero attached hydrogens (tertiary/aromatic N) is 4. The molecular weight excluding hydrogens is 350 g/mol. The summed E-state index contributed by atoms with van der Waals surface area (Å²) in [5.74, 6) is 1.51. The van der Waals surface area contributed by atoms with Crippen LogP contribution in [0.25, 0.3) is 0 Å². The van der Waals surface area contributed by atoms with Crippen LogP contribution in [0.15, 0.2) is 30.6 Å². The van der Waals surface area contributed by atoms with Crippen LogP contribution in [0.5, 0.6) is 0 Å². The van der Waals surface area contributed by atoms with Crippen molar-refractivity contribution in [3.05, 3.63) is 53.0 Å². The molecule has 0 radical (unpaired) electrons. The lowest BCUT2D eigenvalue weighted by Gasteiger charge is -2.19. The van der Waals surface area contributed by atoms with Crippen LogP contribution in [0, 0.1) is 5.92 Å². The molecule has 2 aromatic rings. The van der Waals surface area contributed by atoms with E-state index in [1.807, 2.05) is 18.5 Å². The molecule has 1 saturated carbocycles. The monoisotopic (exact) mass is 379 g/mol. The Labute approximate surface area is 167 Å². The van der Waals surface area contributed by atoms with Gasteiger partial charge < -0.3 is 10.2 Å². The zero-order valence-corrected chi connectivity index (χ0v) is 16.8. The topological polar surface area (TPSA) is 61.4 Å². The van der Waals surface area contributed by atoms with E-state index in [1.165, 1.54) is 24.0 Å². The number of rotatable bonds is 6. The first kappa shape index (κ1) is 18.9. The second-order valence-electron chi connectivity index (χ2n) is 8.15. The quantitative estimate of drug-likeness (QED) is 0.836. The molecule has 1 N–H and O–H groups in total. The largest absolute Gasteiger partial charge is 0.369 e. The Morgan fingerprint density at radius 1 is 1.29 bits per heavy atom. The maximum atomic E-state index is 12.7. The first-order valence-electron chi connectivity index (χ1n) is 10.2. The normalized spacial score (nSPS) is 16.9. The minimum Gasteiger partial charge on any atom is -0.369 e. The van der Waals surface area contributed by atoms with Crippen molar-refractivity contribution in [2.24, 2.45) is 5.92 Å². The van der Waals surface area contributed by atoms with Crippen LogP contribution >= 0.6 is 0 Å². The molecule has 0 atom stereocenters. The third kappa shape index (κ3) is 4.50. The molecule has 1 amide bonds. The second-order valence-corrected chi connectivity index (χ2v) is 8.15. The predicted octanol–water partition coefficient (Wildman–Crippen LogP) is 2.60. The van der Waals surface area contributed by atoms with Gasteiger partial charge in [0.25, 0.3) is 5.91 Å². The number of hydrogen-bond donors (Lipinski definition) is 1. The number of fused-ring (bicyclic) bond motifs is 1. The Bertz CT molecular complexity index is 832. The zero-order valence-electron chi connectivity index (χ0n) is 16.8. The Hall–Kier alpha value is -2.47. The smallest absolute Gasteiger partial charge is 0.257 e. The van der Waals surface area contributed by atoms with Gasteiger partial charge in [0.1, 0.15) is 5.82 Å². The number of pyridine rings is 2. The van der Waals surface area contributed by atoms with Crippen molar-refractivity contribution < 1.29 is 4.79 Å². The van der Waals surface area contributed by atoms with Gasteiger partial charge in [0.05, 0.1) is 5.56 Å². The molecule has 2 aliphatic rings. The van der Waals surface area contributed by atoms with E-state index >= 15 is 0 Å². The highest BCUT2D eigenvalue weighted by molar-refractivity contribution is 5.98. The lowest BCUT2D eigenvalue weighted by Crippen LogP contribution is -2.26. The highest BCUT2D eigenvalue weighted by atomic mass is 16.2. The molecular formula is C22H29N5O. The van der Waals surface area contributed by atoms with Crippen molar-refractivity contribution in [2.45, 2.75) is 32.2 Å². The van der Waals surface area contributed by atoms with Crippen LogP contribution in [0.4, 0.5) is 5.82 Å². The third-order valence-electron chi connectivity index (χ3n) is 5.57. The standard InChI is InChI=1S/C22H29N5O/c1-26(2)22(28)19-12-18-7-10-27(15-17-4-3-9-23-13-17)11-8-20(18)25-21(19)24-14-16-5-6-16/h3-4,9,12-13,16H,5-8,10-11,14-15H2,1-2H3,(H,24,25). The number of nitrogens with one attached hydrogen (secondary N) is 1. The number of anilines is 1. The summed E-state index contributed by atoms with van der Waals surface area (Å²) in [6.07, 6.45) is 8.12. The molecule has 0 unspecified atom stereocenters. The zero-order chi connectivity index (χ0) is 19.5. The Morgan fingerprint density at radius 2 is 2.11 bits per heavy atom. The lowest BCUT2D eigenvalue weighted by atomic mass is 10.0. The molecule has 148 valence electrons. The number of carbonyl (C=O) groups is 1. The van der Waals surface area contributed by atoms with Crippen LogP contribution < -0.4 is 5.32 Å². The van der Waals surface area contributed by atoms with Crippen molar-refractivity contribution >= 4 is 11.7 Å².